The number of thioether (sulfide) groups is 1. The first-order chi connectivity index (χ1) is 21.4. The third kappa shape index (κ3) is 7.29. The maximum absolute atomic E-state index is 13.1. The summed E-state index contributed by atoms with van der Waals surface area (Å²) in [4.78, 5) is 23.8. The molecule has 2 unspecified atom stereocenters. The molecule has 0 spiro atoms. The molecule has 4 aromatic rings. The number of anilines is 1. The lowest BCUT2D eigenvalue weighted by atomic mass is 9.95. The van der Waals surface area contributed by atoms with Crippen LogP contribution >= 0.6 is 11.8 Å². The first kappa shape index (κ1) is 31.6. The van der Waals surface area contributed by atoms with Crippen LogP contribution in [0.25, 0.3) is 17.1 Å². The molecule has 2 heterocycles. The number of nitrogens with one attached hydrogen (secondary N) is 1. The van der Waals surface area contributed by atoms with E-state index in [0.29, 0.717) is 27.8 Å². The minimum absolute atomic E-state index is 0.139. The van der Waals surface area contributed by atoms with Crippen molar-refractivity contribution in [1.29, 1.82) is 5.26 Å². The van der Waals surface area contributed by atoms with Gasteiger partial charge in [-0.05, 0) is 66.8 Å². The van der Waals surface area contributed by atoms with Crippen molar-refractivity contribution in [1.82, 2.24) is 20.1 Å². The van der Waals surface area contributed by atoms with Crippen LogP contribution < -0.4 is 15.0 Å². The van der Waals surface area contributed by atoms with Gasteiger partial charge in [-0.15, -0.1) is 18.3 Å². The van der Waals surface area contributed by atoms with Crippen LogP contribution in [-0.2, 0) is 0 Å². The molecule has 2 amide bonds. The van der Waals surface area contributed by atoms with Gasteiger partial charge in [-0.1, -0.05) is 62.0 Å². The van der Waals surface area contributed by atoms with E-state index in [4.69, 9.17) is 0 Å². The summed E-state index contributed by atoms with van der Waals surface area (Å²) >= 11 is 1.51. The Labute approximate surface area is 262 Å². The number of hydrogen-bond acceptors (Lipinski definition) is 6. The number of nitrogens with zero attached hydrogens (tertiary/aromatic N) is 6. The second-order valence-corrected chi connectivity index (χ2v) is 11.8. The third-order valence-electron chi connectivity index (χ3n) is 7.16. The van der Waals surface area contributed by atoms with E-state index in [9.17, 15) is 23.2 Å². The molecule has 1 fully saturated rings. The standard InChI is InChI=1S/C32H30F3N7O2S/c1-19(2)28-20(3)6-5-7-27(28)42-21(4)17-45-31(42)39-30(43)38-26(16-36)22-8-10-23(11-9-22)29-37-18-41(40-29)24-12-14-25(15-13-24)44-32(33,34)35/h5-15,18-19,21,26H,17H2,1-4H3,(H,38,43). The van der Waals surface area contributed by atoms with Gasteiger partial charge in [0, 0.05) is 23.0 Å². The number of carbonyl (C=O) groups is 1. The molecule has 1 saturated heterocycles. The molecular formula is C32H30F3N7O2S. The van der Waals surface area contributed by atoms with Gasteiger partial charge in [0.1, 0.15) is 18.1 Å². The summed E-state index contributed by atoms with van der Waals surface area (Å²) in [5.41, 5.74) is 5.11. The minimum Gasteiger partial charge on any atom is -0.406 e. The number of ether oxygens (including phenoxy) is 1. The highest BCUT2D eigenvalue weighted by atomic mass is 32.2. The van der Waals surface area contributed by atoms with E-state index in [2.05, 4.69) is 75.9 Å². The summed E-state index contributed by atoms with van der Waals surface area (Å²) in [7, 11) is 0. The molecule has 0 radical (unpaired) electrons. The number of rotatable bonds is 7. The number of amidine groups is 1. The fraction of sp³-hybridized carbons (Fsp3) is 0.281. The second-order valence-electron chi connectivity index (χ2n) is 10.8. The number of hydrogen-bond donors (Lipinski definition) is 1. The lowest BCUT2D eigenvalue weighted by Gasteiger charge is -2.28. The monoisotopic (exact) mass is 633 g/mol. The number of amides is 2. The van der Waals surface area contributed by atoms with Crippen molar-refractivity contribution in [3.05, 3.63) is 89.7 Å². The maximum atomic E-state index is 13.1. The van der Waals surface area contributed by atoms with Gasteiger partial charge < -0.3 is 15.0 Å². The lowest BCUT2D eigenvalue weighted by Crippen LogP contribution is -2.34. The van der Waals surface area contributed by atoms with Crippen molar-refractivity contribution >= 4 is 28.6 Å². The zero-order valence-electron chi connectivity index (χ0n) is 24.9. The van der Waals surface area contributed by atoms with E-state index in [1.54, 1.807) is 24.3 Å². The Bertz CT molecular complexity index is 1750. The van der Waals surface area contributed by atoms with Gasteiger partial charge in [0.25, 0.3) is 0 Å². The molecule has 13 heteroatoms. The van der Waals surface area contributed by atoms with Gasteiger partial charge in [0.2, 0.25) is 0 Å². The van der Waals surface area contributed by atoms with E-state index < -0.39 is 18.4 Å². The molecule has 9 nitrogen and oxygen atoms in total. The molecule has 232 valence electrons. The minimum atomic E-state index is -4.77. The van der Waals surface area contributed by atoms with Crippen molar-refractivity contribution in [3.63, 3.8) is 0 Å². The summed E-state index contributed by atoms with van der Waals surface area (Å²) in [6, 6.07) is 18.9. The van der Waals surface area contributed by atoms with E-state index in [1.807, 2.05) is 6.07 Å². The van der Waals surface area contributed by atoms with E-state index >= 15 is 0 Å². The topological polar surface area (TPSA) is 108 Å². The molecule has 5 rings (SSSR count). The van der Waals surface area contributed by atoms with Crippen molar-refractivity contribution in [2.24, 2.45) is 4.99 Å². The van der Waals surface area contributed by atoms with E-state index in [1.165, 1.54) is 58.2 Å². The highest BCUT2D eigenvalue weighted by Crippen LogP contribution is 2.37. The van der Waals surface area contributed by atoms with Crippen molar-refractivity contribution in [2.75, 3.05) is 10.7 Å². The number of alkyl halides is 3. The zero-order chi connectivity index (χ0) is 32.3. The number of benzene rings is 3. The highest BCUT2D eigenvalue weighted by molar-refractivity contribution is 8.14. The maximum Gasteiger partial charge on any atom is 0.573 e. The van der Waals surface area contributed by atoms with Crippen molar-refractivity contribution in [2.45, 2.75) is 52.1 Å². The van der Waals surface area contributed by atoms with Gasteiger partial charge in [0.15, 0.2) is 11.0 Å². The molecule has 1 aliphatic heterocycles. The molecule has 0 aliphatic carbocycles. The van der Waals surface area contributed by atoms with Crippen LogP contribution in [0.3, 0.4) is 0 Å². The van der Waals surface area contributed by atoms with Crippen molar-refractivity contribution in [3.8, 4) is 28.9 Å². The Morgan fingerprint density at radius 2 is 1.84 bits per heavy atom. The largest absolute Gasteiger partial charge is 0.573 e. The smallest absolute Gasteiger partial charge is 0.406 e. The van der Waals surface area contributed by atoms with E-state index in [-0.39, 0.29) is 17.7 Å². The zero-order valence-corrected chi connectivity index (χ0v) is 25.7. The average molecular weight is 634 g/mol. The van der Waals surface area contributed by atoms with Gasteiger partial charge in [0.05, 0.1) is 11.8 Å². The number of urea groups is 1. The van der Waals surface area contributed by atoms with Crippen LogP contribution in [0.1, 0.15) is 49.4 Å². The van der Waals surface area contributed by atoms with Crippen LogP contribution in [0.2, 0.25) is 0 Å². The molecule has 0 saturated carbocycles. The number of carbonyl (C=O) groups excluding carboxylic acids is 1. The van der Waals surface area contributed by atoms with Gasteiger partial charge >= 0.3 is 12.4 Å². The molecule has 1 aromatic heterocycles. The lowest BCUT2D eigenvalue weighted by molar-refractivity contribution is -0.274. The second kappa shape index (κ2) is 13.0. The van der Waals surface area contributed by atoms with Crippen molar-refractivity contribution < 1.29 is 22.7 Å². The normalized spacial score (nSPS) is 16.6. The van der Waals surface area contributed by atoms with E-state index in [0.717, 1.165) is 11.4 Å². The third-order valence-corrected chi connectivity index (χ3v) is 8.36. The fourth-order valence-corrected chi connectivity index (χ4v) is 6.26. The predicted molar refractivity (Wildman–Crippen MR) is 167 cm³/mol. The van der Waals surface area contributed by atoms with Gasteiger partial charge in [-0.25, -0.2) is 14.5 Å². The van der Waals surface area contributed by atoms with Crippen LogP contribution in [0, 0.1) is 18.3 Å². The van der Waals surface area contributed by atoms with Gasteiger partial charge in [-0.3, -0.25) is 0 Å². The Kier molecular flexibility index (Phi) is 9.15. The summed E-state index contributed by atoms with van der Waals surface area (Å²) in [5, 5.41) is 17.5. The van der Waals surface area contributed by atoms with Crippen LogP contribution in [0.5, 0.6) is 5.75 Å². The van der Waals surface area contributed by atoms with Crippen LogP contribution in [-0.4, -0.2) is 44.1 Å². The highest BCUT2D eigenvalue weighted by Gasteiger charge is 2.32. The number of nitriles is 1. The Hall–Kier alpha value is -4.83. The summed E-state index contributed by atoms with van der Waals surface area (Å²) in [6.45, 7) is 8.47. The number of aryl methyl sites for hydroxylation is 1. The number of aliphatic imine (C=N–C) groups is 1. The molecule has 0 bridgehead atoms. The molecule has 1 N–H and O–H groups in total. The summed E-state index contributed by atoms with van der Waals surface area (Å²) in [5.74, 6) is 1.10. The SMILES string of the molecule is Cc1cccc(N2C(=NC(=O)NC(C#N)c3ccc(-c4ncn(-c5ccc(OC(F)(F)F)cc5)n4)cc3)SCC2C)c1C(C)C. The quantitative estimate of drug-likeness (QED) is 0.224. The molecule has 3 aromatic carbocycles. The fourth-order valence-electron chi connectivity index (χ4n) is 5.16. The first-order valence-electron chi connectivity index (χ1n) is 14.1. The Morgan fingerprint density at radius 1 is 1.13 bits per heavy atom. The van der Waals surface area contributed by atoms with Crippen LogP contribution in [0.4, 0.5) is 23.7 Å². The average Bonchev–Trinajstić information content (AvgIpc) is 3.62. The Morgan fingerprint density at radius 3 is 2.49 bits per heavy atom. The number of aromatic nitrogens is 3. The predicted octanol–water partition coefficient (Wildman–Crippen LogP) is 7.54. The van der Waals surface area contributed by atoms with Gasteiger partial charge in [-0.2, -0.15) is 10.3 Å². The van der Waals surface area contributed by atoms with Crippen LogP contribution in [0.15, 0.2) is 78.0 Å². The first-order valence-corrected chi connectivity index (χ1v) is 15.1. The molecule has 45 heavy (non-hydrogen) atoms. The summed E-state index contributed by atoms with van der Waals surface area (Å²) < 4.78 is 42.6. The molecule has 2 atom stereocenters. The Balaban J connectivity index is 1.28. The molecule has 1 aliphatic rings. The molecular weight excluding hydrogens is 603 g/mol. The number of halogens is 3. The summed E-state index contributed by atoms with van der Waals surface area (Å²) in [6.07, 6.45) is -3.34.